The number of hydrogen-bond donors (Lipinski definition) is 1. The first-order valence-electron chi connectivity index (χ1n) is 9.95. The summed E-state index contributed by atoms with van der Waals surface area (Å²) in [5, 5.41) is 0. The molecule has 0 amide bonds. The quantitative estimate of drug-likeness (QED) is 0.719. The zero-order chi connectivity index (χ0) is 18.4. The van der Waals surface area contributed by atoms with E-state index in [1.165, 1.54) is 37.7 Å². The molecule has 4 nitrogen and oxygen atoms in total. The van der Waals surface area contributed by atoms with Crippen molar-refractivity contribution in [3.05, 3.63) is 49.0 Å². The highest BCUT2D eigenvalue weighted by atomic mass is 16.5. The Kier molecular flexibility index (Phi) is 6.62. The molecule has 3 rings (SSSR count). The second-order valence-corrected chi connectivity index (χ2v) is 7.50. The van der Waals surface area contributed by atoms with Gasteiger partial charge in [0.05, 0.1) is 11.8 Å². The van der Waals surface area contributed by atoms with Gasteiger partial charge in [-0.25, -0.2) is 0 Å². The third-order valence-corrected chi connectivity index (χ3v) is 5.62. The van der Waals surface area contributed by atoms with Crippen LogP contribution in [-0.2, 0) is 4.74 Å². The first kappa shape index (κ1) is 18.8. The predicted octanol–water partition coefficient (Wildman–Crippen LogP) is 4.85. The molecular weight excluding hydrogens is 322 g/mol. The summed E-state index contributed by atoms with van der Waals surface area (Å²) in [6.45, 7) is 7.53. The van der Waals surface area contributed by atoms with E-state index in [2.05, 4.69) is 35.3 Å². The maximum absolute atomic E-state index is 6.41. The van der Waals surface area contributed by atoms with Crippen LogP contribution in [-0.4, -0.2) is 23.6 Å². The van der Waals surface area contributed by atoms with Gasteiger partial charge in [-0.05, 0) is 62.2 Å². The average molecular weight is 354 g/mol. The molecule has 0 radical (unpaired) electrons. The molecule has 0 atom stereocenters. The lowest BCUT2D eigenvalue weighted by atomic mass is 9.81. The lowest BCUT2D eigenvalue weighted by Gasteiger charge is -2.31. The predicted molar refractivity (Wildman–Crippen MR) is 109 cm³/mol. The first-order chi connectivity index (χ1) is 12.7. The van der Waals surface area contributed by atoms with Crippen molar-refractivity contribution in [1.82, 2.24) is 0 Å². The fourth-order valence-corrected chi connectivity index (χ4v) is 4.18. The Bertz CT molecular complexity index is 642. The van der Waals surface area contributed by atoms with E-state index in [1.807, 2.05) is 0 Å². The number of nitrogens with two attached hydrogens (primary N) is 1. The van der Waals surface area contributed by atoms with Gasteiger partial charge in [-0.15, -0.1) is 0 Å². The van der Waals surface area contributed by atoms with Gasteiger partial charge in [-0.2, -0.15) is 0 Å². The van der Waals surface area contributed by atoms with Crippen LogP contribution in [0.25, 0.3) is 0 Å². The molecule has 0 aromatic rings. The minimum Gasteiger partial charge on any atom is -0.488 e. The highest BCUT2D eigenvalue weighted by molar-refractivity contribution is 6.52. The molecule has 0 unspecified atom stereocenters. The SMILES string of the molecule is C=CN=C1C=C(C2CCCCC2)C=C(OC2CCC(N)CC2)C1=NC=C. The molecule has 140 valence electrons. The standard InChI is InChI=1S/C22H31N3O/c1-3-24-20-14-17(16-8-6-5-7-9-16)15-21(22(20)25-4-2)26-19-12-10-18(23)11-13-19/h3-4,14-16,18-19H,1-2,5-13,23H2. The van der Waals surface area contributed by atoms with Gasteiger partial charge in [0.1, 0.15) is 11.5 Å². The minimum absolute atomic E-state index is 0.201. The summed E-state index contributed by atoms with van der Waals surface area (Å²) in [6, 6.07) is 0.312. The van der Waals surface area contributed by atoms with Crippen LogP contribution >= 0.6 is 0 Å². The van der Waals surface area contributed by atoms with Gasteiger partial charge in [-0.1, -0.05) is 32.4 Å². The second kappa shape index (κ2) is 9.13. The maximum atomic E-state index is 6.41. The van der Waals surface area contributed by atoms with Crippen molar-refractivity contribution in [2.75, 3.05) is 0 Å². The van der Waals surface area contributed by atoms with Gasteiger partial charge in [0.25, 0.3) is 0 Å². The van der Waals surface area contributed by atoms with Gasteiger partial charge in [0.2, 0.25) is 0 Å². The van der Waals surface area contributed by atoms with Crippen LogP contribution in [0.3, 0.4) is 0 Å². The third kappa shape index (κ3) is 4.61. The van der Waals surface area contributed by atoms with Crippen molar-refractivity contribution in [3.8, 4) is 0 Å². The zero-order valence-electron chi connectivity index (χ0n) is 15.7. The maximum Gasteiger partial charge on any atom is 0.147 e. The average Bonchev–Trinajstić information content (AvgIpc) is 2.67. The molecule has 2 N–H and O–H groups in total. The Hall–Kier alpha value is -1.94. The first-order valence-corrected chi connectivity index (χ1v) is 9.95. The van der Waals surface area contributed by atoms with Gasteiger partial charge in [0.15, 0.2) is 0 Å². The molecule has 0 heterocycles. The second-order valence-electron chi connectivity index (χ2n) is 7.50. The topological polar surface area (TPSA) is 60.0 Å². The number of ether oxygens (including phenoxy) is 1. The Labute approximate surface area is 157 Å². The van der Waals surface area contributed by atoms with E-state index in [4.69, 9.17) is 10.5 Å². The Balaban J connectivity index is 1.87. The number of rotatable bonds is 5. The summed E-state index contributed by atoms with van der Waals surface area (Å²) < 4.78 is 6.41. The molecule has 2 saturated carbocycles. The van der Waals surface area contributed by atoms with E-state index >= 15 is 0 Å². The monoisotopic (exact) mass is 353 g/mol. The number of allylic oxidation sites excluding steroid dienone is 4. The van der Waals surface area contributed by atoms with Crippen LogP contribution < -0.4 is 5.73 Å². The smallest absolute Gasteiger partial charge is 0.147 e. The molecule has 0 bridgehead atoms. The van der Waals surface area contributed by atoms with Gasteiger partial charge < -0.3 is 10.5 Å². The molecule has 4 heteroatoms. The molecule has 0 spiro atoms. The fourth-order valence-electron chi connectivity index (χ4n) is 4.18. The van der Waals surface area contributed by atoms with Crippen LogP contribution in [0.5, 0.6) is 0 Å². The fraction of sp³-hybridized carbons (Fsp3) is 0.545. The number of aliphatic imine (C=N–C) groups is 2. The summed E-state index contributed by atoms with van der Waals surface area (Å²) in [5.41, 5.74) is 8.94. The Morgan fingerprint density at radius 3 is 2.27 bits per heavy atom. The summed E-state index contributed by atoms with van der Waals surface area (Å²) in [7, 11) is 0. The normalized spacial score (nSPS) is 30.7. The highest BCUT2D eigenvalue weighted by Crippen LogP contribution is 2.34. The summed E-state index contributed by atoms with van der Waals surface area (Å²) in [6.07, 6.45) is 18.1. The molecule has 2 fully saturated rings. The number of nitrogens with zero attached hydrogens (tertiary/aromatic N) is 2. The van der Waals surface area contributed by atoms with Crippen molar-refractivity contribution in [2.45, 2.75) is 69.9 Å². The van der Waals surface area contributed by atoms with Gasteiger partial charge in [0, 0.05) is 18.4 Å². The number of hydrogen-bond acceptors (Lipinski definition) is 4. The third-order valence-electron chi connectivity index (χ3n) is 5.62. The van der Waals surface area contributed by atoms with Crippen LogP contribution in [0, 0.1) is 5.92 Å². The lowest BCUT2D eigenvalue weighted by Crippen LogP contribution is -2.32. The summed E-state index contributed by atoms with van der Waals surface area (Å²) in [5.74, 6) is 1.41. The Morgan fingerprint density at radius 1 is 0.923 bits per heavy atom. The van der Waals surface area contributed by atoms with E-state index < -0.39 is 0 Å². The minimum atomic E-state index is 0.201. The van der Waals surface area contributed by atoms with Crippen LogP contribution in [0.2, 0.25) is 0 Å². The molecule has 0 aromatic heterocycles. The van der Waals surface area contributed by atoms with Crippen LogP contribution in [0.4, 0.5) is 0 Å². The van der Waals surface area contributed by atoms with Crippen molar-refractivity contribution in [1.29, 1.82) is 0 Å². The molecule has 0 aliphatic heterocycles. The van der Waals surface area contributed by atoms with E-state index in [1.54, 1.807) is 12.4 Å². The van der Waals surface area contributed by atoms with Crippen molar-refractivity contribution < 1.29 is 4.74 Å². The largest absolute Gasteiger partial charge is 0.488 e. The summed E-state index contributed by atoms with van der Waals surface area (Å²) in [4.78, 5) is 8.93. The van der Waals surface area contributed by atoms with E-state index in [0.29, 0.717) is 12.0 Å². The summed E-state index contributed by atoms with van der Waals surface area (Å²) >= 11 is 0. The highest BCUT2D eigenvalue weighted by Gasteiger charge is 2.28. The lowest BCUT2D eigenvalue weighted by molar-refractivity contribution is 0.0890. The van der Waals surface area contributed by atoms with Crippen molar-refractivity contribution >= 4 is 11.4 Å². The van der Waals surface area contributed by atoms with E-state index in [-0.39, 0.29) is 6.10 Å². The van der Waals surface area contributed by atoms with E-state index in [0.717, 1.165) is 42.9 Å². The van der Waals surface area contributed by atoms with Crippen LogP contribution in [0.15, 0.2) is 59.0 Å². The molecule has 3 aliphatic rings. The zero-order valence-corrected chi connectivity index (χ0v) is 15.7. The molecule has 0 aromatic carbocycles. The van der Waals surface area contributed by atoms with Crippen LogP contribution in [0.1, 0.15) is 57.8 Å². The van der Waals surface area contributed by atoms with Crippen molar-refractivity contribution in [2.24, 2.45) is 21.6 Å². The molecule has 0 saturated heterocycles. The van der Waals surface area contributed by atoms with E-state index in [9.17, 15) is 0 Å². The molecule has 3 aliphatic carbocycles. The van der Waals surface area contributed by atoms with Gasteiger partial charge in [-0.3, -0.25) is 9.98 Å². The molecule has 26 heavy (non-hydrogen) atoms. The Morgan fingerprint density at radius 2 is 1.62 bits per heavy atom. The molecular formula is C22H31N3O. The van der Waals surface area contributed by atoms with Crippen molar-refractivity contribution in [3.63, 3.8) is 0 Å². The van der Waals surface area contributed by atoms with Gasteiger partial charge >= 0.3 is 0 Å².